The highest BCUT2D eigenvalue weighted by atomic mass is 16.5. The Hall–Kier alpha value is -2.69. The maximum absolute atomic E-state index is 5.46. The Balaban J connectivity index is 1.62. The van der Waals surface area contributed by atoms with Crippen LogP contribution in [-0.4, -0.2) is 51.6 Å². The fourth-order valence-electron chi connectivity index (χ4n) is 2.86. The van der Waals surface area contributed by atoms with Gasteiger partial charge in [0, 0.05) is 18.7 Å². The van der Waals surface area contributed by atoms with E-state index >= 15 is 0 Å². The van der Waals surface area contributed by atoms with Crippen LogP contribution in [0.1, 0.15) is 5.56 Å². The third-order valence-electron chi connectivity index (χ3n) is 4.18. The van der Waals surface area contributed by atoms with E-state index in [-0.39, 0.29) is 0 Å². The van der Waals surface area contributed by atoms with Gasteiger partial charge < -0.3 is 14.4 Å². The number of hydrazone groups is 1. The SMILES string of the molecule is COc1ccccc1/C=N/N1CCN(c2ccccc2OC)CC1. The van der Waals surface area contributed by atoms with Crippen LogP contribution in [0.25, 0.3) is 0 Å². The van der Waals surface area contributed by atoms with Crippen molar-refractivity contribution in [3.63, 3.8) is 0 Å². The molecule has 3 rings (SSSR count). The van der Waals surface area contributed by atoms with E-state index < -0.39 is 0 Å². The van der Waals surface area contributed by atoms with E-state index in [9.17, 15) is 0 Å². The monoisotopic (exact) mass is 325 g/mol. The maximum Gasteiger partial charge on any atom is 0.142 e. The zero-order valence-electron chi connectivity index (χ0n) is 14.2. The number of para-hydroxylation sites is 3. The number of ether oxygens (including phenoxy) is 2. The highest BCUT2D eigenvalue weighted by Gasteiger charge is 2.18. The standard InChI is InChI=1S/C19H23N3O2/c1-23-18-9-5-3-7-16(18)15-20-22-13-11-21(12-14-22)17-8-4-6-10-19(17)24-2/h3-10,15H,11-14H2,1-2H3/b20-15+. The van der Waals surface area contributed by atoms with Crippen LogP contribution in [0.4, 0.5) is 5.69 Å². The number of hydrogen-bond donors (Lipinski definition) is 0. The van der Waals surface area contributed by atoms with Gasteiger partial charge in [0.2, 0.25) is 0 Å². The van der Waals surface area contributed by atoms with Crippen LogP contribution in [-0.2, 0) is 0 Å². The van der Waals surface area contributed by atoms with Crippen LogP contribution < -0.4 is 14.4 Å². The number of rotatable bonds is 5. The maximum atomic E-state index is 5.46. The van der Waals surface area contributed by atoms with Crippen LogP contribution in [0.15, 0.2) is 53.6 Å². The lowest BCUT2D eigenvalue weighted by molar-refractivity contribution is 0.271. The van der Waals surface area contributed by atoms with Gasteiger partial charge in [-0.1, -0.05) is 24.3 Å². The predicted molar refractivity (Wildman–Crippen MR) is 97.4 cm³/mol. The number of hydrogen-bond acceptors (Lipinski definition) is 5. The molecule has 1 aliphatic heterocycles. The lowest BCUT2D eigenvalue weighted by Crippen LogP contribution is -2.44. The van der Waals surface area contributed by atoms with Gasteiger partial charge in [0.15, 0.2) is 0 Å². The van der Waals surface area contributed by atoms with Crippen molar-refractivity contribution in [3.05, 3.63) is 54.1 Å². The summed E-state index contributed by atoms with van der Waals surface area (Å²) in [6.45, 7) is 3.60. The van der Waals surface area contributed by atoms with Crippen LogP contribution >= 0.6 is 0 Å². The van der Waals surface area contributed by atoms with Crippen LogP contribution in [0.5, 0.6) is 11.5 Å². The normalized spacial score (nSPS) is 14.9. The Bertz CT molecular complexity index is 695. The Morgan fingerprint density at radius 2 is 1.46 bits per heavy atom. The third-order valence-corrected chi connectivity index (χ3v) is 4.18. The predicted octanol–water partition coefficient (Wildman–Crippen LogP) is 2.86. The summed E-state index contributed by atoms with van der Waals surface area (Å²) in [6, 6.07) is 16.0. The molecule has 0 amide bonds. The molecule has 0 N–H and O–H groups in total. The molecule has 0 spiro atoms. The van der Waals surface area contributed by atoms with E-state index in [0.717, 1.165) is 48.9 Å². The molecule has 2 aromatic rings. The minimum Gasteiger partial charge on any atom is -0.496 e. The molecule has 1 aliphatic rings. The van der Waals surface area contributed by atoms with E-state index in [4.69, 9.17) is 9.47 Å². The molecule has 5 nitrogen and oxygen atoms in total. The van der Waals surface area contributed by atoms with Crippen molar-refractivity contribution in [3.8, 4) is 11.5 Å². The van der Waals surface area contributed by atoms with Gasteiger partial charge in [0.25, 0.3) is 0 Å². The summed E-state index contributed by atoms with van der Waals surface area (Å²) < 4.78 is 10.8. The van der Waals surface area contributed by atoms with Crippen molar-refractivity contribution >= 4 is 11.9 Å². The van der Waals surface area contributed by atoms with Crippen molar-refractivity contribution in [1.82, 2.24) is 5.01 Å². The number of methoxy groups -OCH3 is 2. The Morgan fingerprint density at radius 1 is 0.833 bits per heavy atom. The number of benzene rings is 2. The van der Waals surface area contributed by atoms with Crippen molar-refractivity contribution in [2.75, 3.05) is 45.3 Å². The average molecular weight is 325 g/mol. The molecule has 0 bridgehead atoms. The zero-order chi connectivity index (χ0) is 16.8. The first-order chi connectivity index (χ1) is 11.8. The molecule has 1 fully saturated rings. The Morgan fingerprint density at radius 3 is 2.17 bits per heavy atom. The second-order valence-electron chi connectivity index (χ2n) is 5.60. The van der Waals surface area contributed by atoms with E-state index in [1.165, 1.54) is 0 Å². The summed E-state index contributed by atoms with van der Waals surface area (Å²) in [5, 5.41) is 6.70. The van der Waals surface area contributed by atoms with E-state index in [1.54, 1.807) is 14.2 Å². The molecular formula is C19H23N3O2. The second-order valence-corrected chi connectivity index (χ2v) is 5.60. The number of nitrogens with zero attached hydrogens (tertiary/aromatic N) is 3. The molecule has 1 heterocycles. The topological polar surface area (TPSA) is 37.3 Å². The first-order valence-corrected chi connectivity index (χ1v) is 8.11. The van der Waals surface area contributed by atoms with Crippen LogP contribution in [0, 0.1) is 0 Å². The minimum atomic E-state index is 0.842. The molecule has 0 aromatic heterocycles. The summed E-state index contributed by atoms with van der Waals surface area (Å²) in [4.78, 5) is 2.34. The number of piperazine rings is 1. The van der Waals surface area contributed by atoms with Crippen molar-refractivity contribution in [1.29, 1.82) is 0 Å². The summed E-state index contributed by atoms with van der Waals surface area (Å²) in [5.74, 6) is 1.76. The molecule has 0 saturated carbocycles. The summed E-state index contributed by atoms with van der Waals surface area (Å²) in [5.41, 5.74) is 2.14. The third kappa shape index (κ3) is 3.62. The van der Waals surface area contributed by atoms with Gasteiger partial charge in [-0.2, -0.15) is 5.10 Å². The van der Waals surface area contributed by atoms with Gasteiger partial charge >= 0.3 is 0 Å². The van der Waals surface area contributed by atoms with Gasteiger partial charge in [0.05, 0.1) is 39.2 Å². The van der Waals surface area contributed by atoms with Gasteiger partial charge in [-0.15, -0.1) is 0 Å². The fourth-order valence-corrected chi connectivity index (χ4v) is 2.86. The molecule has 24 heavy (non-hydrogen) atoms. The minimum absolute atomic E-state index is 0.842. The van der Waals surface area contributed by atoms with E-state index in [2.05, 4.69) is 21.1 Å². The highest BCUT2D eigenvalue weighted by molar-refractivity contribution is 5.83. The van der Waals surface area contributed by atoms with E-state index in [1.807, 2.05) is 48.7 Å². The van der Waals surface area contributed by atoms with Gasteiger partial charge in [-0.05, 0) is 24.3 Å². The molecular weight excluding hydrogens is 302 g/mol. The van der Waals surface area contributed by atoms with E-state index in [0.29, 0.717) is 0 Å². The summed E-state index contributed by atoms with van der Waals surface area (Å²) in [6.07, 6.45) is 1.87. The molecule has 0 unspecified atom stereocenters. The lowest BCUT2D eigenvalue weighted by Gasteiger charge is -2.35. The Kier molecular flexibility index (Phi) is 5.21. The Labute approximate surface area is 143 Å². The molecule has 1 saturated heterocycles. The molecule has 0 radical (unpaired) electrons. The largest absolute Gasteiger partial charge is 0.496 e. The van der Waals surface area contributed by atoms with Crippen LogP contribution in [0.2, 0.25) is 0 Å². The lowest BCUT2D eigenvalue weighted by atomic mass is 10.2. The van der Waals surface area contributed by atoms with Crippen LogP contribution in [0.3, 0.4) is 0 Å². The summed E-state index contributed by atoms with van der Waals surface area (Å²) in [7, 11) is 3.39. The zero-order valence-corrected chi connectivity index (χ0v) is 14.2. The quantitative estimate of drug-likeness (QED) is 0.792. The molecule has 0 atom stereocenters. The van der Waals surface area contributed by atoms with Crippen molar-refractivity contribution in [2.45, 2.75) is 0 Å². The molecule has 2 aromatic carbocycles. The highest BCUT2D eigenvalue weighted by Crippen LogP contribution is 2.28. The number of anilines is 1. The average Bonchev–Trinajstić information content (AvgIpc) is 2.67. The van der Waals surface area contributed by atoms with Crippen molar-refractivity contribution < 1.29 is 9.47 Å². The van der Waals surface area contributed by atoms with Gasteiger partial charge in [-0.25, -0.2) is 0 Å². The summed E-state index contributed by atoms with van der Waals surface area (Å²) >= 11 is 0. The van der Waals surface area contributed by atoms with Gasteiger partial charge in [0.1, 0.15) is 11.5 Å². The smallest absolute Gasteiger partial charge is 0.142 e. The molecule has 126 valence electrons. The molecule has 0 aliphatic carbocycles. The first kappa shape index (κ1) is 16.2. The molecule has 5 heteroatoms. The first-order valence-electron chi connectivity index (χ1n) is 8.11. The fraction of sp³-hybridized carbons (Fsp3) is 0.316. The van der Waals surface area contributed by atoms with Crippen molar-refractivity contribution in [2.24, 2.45) is 5.10 Å². The second kappa shape index (κ2) is 7.73. The van der Waals surface area contributed by atoms with Gasteiger partial charge in [-0.3, -0.25) is 5.01 Å².